The first-order valence-electron chi connectivity index (χ1n) is 9.62. The van der Waals surface area contributed by atoms with Gasteiger partial charge in [-0.2, -0.15) is 0 Å². The molecule has 26 heavy (non-hydrogen) atoms. The molecule has 0 aromatic rings. The van der Waals surface area contributed by atoms with E-state index in [1.54, 1.807) is 13.8 Å². The minimum Gasteiger partial charge on any atom is -0.469 e. The number of rotatable bonds is 11. The van der Waals surface area contributed by atoms with Crippen LogP contribution in [-0.4, -0.2) is 41.3 Å². The van der Waals surface area contributed by atoms with Crippen LogP contribution in [0, 0.1) is 29.6 Å². The molecule has 0 unspecified atom stereocenters. The third kappa shape index (κ3) is 7.20. The Hall–Kier alpha value is -1.20. The number of carbonyl (C=O) groups is 2. The van der Waals surface area contributed by atoms with Gasteiger partial charge >= 0.3 is 5.97 Å². The Balaban J connectivity index is 4.88. The maximum Gasteiger partial charge on any atom is 0.311 e. The SMILES string of the molecule is CC[C@H](C)[C@H](O)[C@H](C)C(=O)[C@H](C)/C=C(\C)C[C@H](C)[C@@H](O)[C@@H](C)C(=O)OC. The summed E-state index contributed by atoms with van der Waals surface area (Å²) in [6.07, 6.45) is 1.88. The fourth-order valence-electron chi connectivity index (χ4n) is 3.34. The Morgan fingerprint density at radius 2 is 1.46 bits per heavy atom. The van der Waals surface area contributed by atoms with Crippen molar-refractivity contribution in [1.29, 1.82) is 0 Å². The molecular formula is C21H38O5. The predicted octanol–water partition coefficient (Wildman–Crippen LogP) is 3.38. The van der Waals surface area contributed by atoms with Crippen molar-refractivity contribution >= 4 is 11.8 Å². The van der Waals surface area contributed by atoms with Crippen LogP contribution in [0.2, 0.25) is 0 Å². The summed E-state index contributed by atoms with van der Waals surface area (Å²) in [6, 6.07) is 0. The van der Waals surface area contributed by atoms with Crippen molar-refractivity contribution in [2.24, 2.45) is 29.6 Å². The number of methoxy groups -OCH3 is 1. The zero-order valence-electron chi connectivity index (χ0n) is 17.7. The molecule has 5 nitrogen and oxygen atoms in total. The summed E-state index contributed by atoms with van der Waals surface area (Å²) < 4.78 is 4.68. The normalized spacial score (nSPS) is 20.5. The van der Waals surface area contributed by atoms with Crippen molar-refractivity contribution in [2.75, 3.05) is 7.11 Å². The topological polar surface area (TPSA) is 83.8 Å². The Morgan fingerprint density at radius 1 is 0.962 bits per heavy atom. The minimum atomic E-state index is -0.803. The van der Waals surface area contributed by atoms with Gasteiger partial charge in [-0.3, -0.25) is 9.59 Å². The van der Waals surface area contributed by atoms with Crippen LogP contribution in [0.5, 0.6) is 0 Å². The molecule has 0 spiro atoms. The summed E-state index contributed by atoms with van der Waals surface area (Å²) in [6.45, 7) is 13.0. The molecule has 0 heterocycles. The Labute approximate surface area is 158 Å². The van der Waals surface area contributed by atoms with E-state index in [0.29, 0.717) is 6.42 Å². The fraction of sp³-hybridized carbons (Fsp3) is 0.810. The van der Waals surface area contributed by atoms with Gasteiger partial charge in [-0.1, -0.05) is 52.7 Å². The smallest absolute Gasteiger partial charge is 0.311 e. The molecule has 0 aromatic heterocycles. The van der Waals surface area contributed by atoms with E-state index >= 15 is 0 Å². The standard InChI is InChI=1S/C21H38O5/c1-9-13(3)18(22)16(6)19(23)14(4)10-12(2)11-15(5)20(24)17(7)21(25)26-8/h10,13-18,20,22,24H,9,11H2,1-8H3/b12-10+/t13-,14+,15-,16-,17+,18-,20+/m0/s1. The number of esters is 1. The van der Waals surface area contributed by atoms with E-state index in [4.69, 9.17) is 0 Å². The Kier molecular flexibility index (Phi) is 11.0. The zero-order valence-corrected chi connectivity index (χ0v) is 17.7. The van der Waals surface area contributed by atoms with E-state index in [1.165, 1.54) is 7.11 Å². The number of aliphatic hydroxyl groups excluding tert-OH is 2. The third-order valence-electron chi connectivity index (χ3n) is 5.48. The lowest BCUT2D eigenvalue weighted by Gasteiger charge is -2.25. The third-order valence-corrected chi connectivity index (χ3v) is 5.48. The lowest BCUT2D eigenvalue weighted by Crippen LogP contribution is -2.34. The van der Waals surface area contributed by atoms with Crippen LogP contribution in [-0.2, 0) is 14.3 Å². The summed E-state index contributed by atoms with van der Waals surface area (Å²) in [5, 5.41) is 20.6. The predicted molar refractivity (Wildman–Crippen MR) is 104 cm³/mol. The molecule has 0 saturated heterocycles. The van der Waals surface area contributed by atoms with E-state index in [2.05, 4.69) is 4.74 Å². The van der Waals surface area contributed by atoms with Crippen LogP contribution in [0.15, 0.2) is 11.6 Å². The summed E-state index contributed by atoms with van der Waals surface area (Å²) in [7, 11) is 1.31. The summed E-state index contributed by atoms with van der Waals surface area (Å²) in [5.41, 5.74) is 0.986. The van der Waals surface area contributed by atoms with Crippen molar-refractivity contribution in [2.45, 2.75) is 73.5 Å². The highest BCUT2D eigenvalue weighted by atomic mass is 16.5. The molecule has 0 aromatic carbocycles. The van der Waals surface area contributed by atoms with E-state index < -0.39 is 30.0 Å². The van der Waals surface area contributed by atoms with Crippen molar-refractivity contribution in [3.05, 3.63) is 11.6 Å². The average Bonchev–Trinajstić information content (AvgIpc) is 2.62. The van der Waals surface area contributed by atoms with E-state index in [0.717, 1.165) is 12.0 Å². The van der Waals surface area contributed by atoms with Gasteiger partial charge < -0.3 is 14.9 Å². The summed E-state index contributed by atoms with van der Waals surface area (Å²) in [5.74, 6) is -1.76. The first kappa shape index (κ1) is 24.8. The second kappa shape index (κ2) is 11.5. The fourth-order valence-corrected chi connectivity index (χ4v) is 3.34. The Bertz CT molecular complexity index is 485. The number of carbonyl (C=O) groups excluding carboxylic acids is 2. The molecule has 152 valence electrons. The van der Waals surface area contributed by atoms with Gasteiger partial charge in [0.15, 0.2) is 0 Å². The number of allylic oxidation sites excluding steroid dienone is 2. The lowest BCUT2D eigenvalue weighted by molar-refractivity contribution is -0.149. The molecule has 2 N–H and O–H groups in total. The van der Waals surface area contributed by atoms with Gasteiger partial charge in [-0.05, 0) is 32.1 Å². The molecule has 0 aliphatic carbocycles. The van der Waals surface area contributed by atoms with Crippen molar-refractivity contribution in [1.82, 2.24) is 0 Å². The Morgan fingerprint density at radius 3 is 1.92 bits per heavy atom. The van der Waals surface area contributed by atoms with Gasteiger partial charge in [0, 0.05) is 11.8 Å². The quantitative estimate of drug-likeness (QED) is 0.430. The number of hydrogen-bond acceptors (Lipinski definition) is 5. The molecule has 0 aliphatic rings. The summed E-state index contributed by atoms with van der Waals surface area (Å²) in [4.78, 5) is 24.1. The molecule has 0 amide bonds. The number of Topliss-reactive ketones (excluding diaryl/α,β-unsaturated/α-hetero) is 1. The van der Waals surface area contributed by atoms with Crippen LogP contribution in [0.4, 0.5) is 0 Å². The number of hydrogen-bond donors (Lipinski definition) is 2. The highest BCUT2D eigenvalue weighted by Crippen LogP contribution is 2.24. The van der Waals surface area contributed by atoms with Crippen molar-refractivity contribution in [3.63, 3.8) is 0 Å². The lowest BCUT2D eigenvalue weighted by atomic mass is 9.83. The van der Waals surface area contributed by atoms with Crippen LogP contribution in [0.3, 0.4) is 0 Å². The maximum absolute atomic E-state index is 12.6. The highest BCUT2D eigenvalue weighted by molar-refractivity contribution is 5.85. The monoisotopic (exact) mass is 370 g/mol. The van der Waals surface area contributed by atoms with Crippen molar-refractivity contribution in [3.8, 4) is 0 Å². The van der Waals surface area contributed by atoms with Gasteiger partial charge in [0.1, 0.15) is 5.78 Å². The molecule has 0 bridgehead atoms. The molecule has 0 fully saturated rings. The first-order valence-corrected chi connectivity index (χ1v) is 9.62. The molecule has 0 aliphatic heterocycles. The van der Waals surface area contributed by atoms with Crippen molar-refractivity contribution < 1.29 is 24.5 Å². The van der Waals surface area contributed by atoms with Gasteiger partial charge in [-0.15, -0.1) is 0 Å². The highest BCUT2D eigenvalue weighted by Gasteiger charge is 2.29. The molecule has 7 atom stereocenters. The average molecular weight is 371 g/mol. The minimum absolute atomic E-state index is 0.0216. The second-order valence-electron chi connectivity index (χ2n) is 7.85. The molecular weight excluding hydrogens is 332 g/mol. The van der Waals surface area contributed by atoms with Crippen LogP contribution in [0.1, 0.15) is 61.3 Å². The first-order chi connectivity index (χ1) is 12.0. The van der Waals surface area contributed by atoms with E-state index in [1.807, 2.05) is 40.7 Å². The van der Waals surface area contributed by atoms with E-state index in [-0.39, 0.29) is 23.5 Å². The van der Waals surface area contributed by atoms with Gasteiger partial charge in [0.05, 0.1) is 25.2 Å². The van der Waals surface area contributed by atoms with Crippen LogP contribution < -0.4 is 0 Å². The summed E-state index contributed by atoms with van der Waals surface area (Å²) >= 11 is 0. The molecule has 5 heteroatoms. The van der Waals surface area contributed by atoms with Gasteiger partial charge in [-0.25, -0.2) is 0 Å². The van der Waals surface area contributed by atoms with Gasteiger partial charge in [0.2, 0.25) is 0 Å². The largest absolute Gasteiger partial charge is 0.469 e. The van der Waals surface area contributed by atoms with Crippen LogP contribution >= 0.6 is 0 Å². The maximum atomic E-state index is 12.6. The molecule has 0 saturated carbocycles. The zero-order chi connectivity index (χ0) is 20.6. The number of aliphatic hydroxyl groups is 2. The molecule has 0 radical (unpaired) electrons. The number of ketones is 1. The van der Waals surface area contributed by atoms with E-state index in [9.17, 15) is 19.8 Å². The van der Waals surface area contributed by atoms with Crippen LogP contribution in [0.25, 0.3) is 0 Å². The second-order valence-corrected chi connectivity index (χ2v) is 7.85. The van der Waals surface area contributed by atoms with Gasteiger partial charge in [0.25, 0.3) is 0 Å². The number of ether oxygens (including phenoxy) is 1. The molecule has 0 rings (SSSR count).